The van der Waals surface area contributed by atoms with E-state index in [1.54, 1.807) is 54.6 Å². The standard InChI is InChI=1S/C23H18Cl2NO5PS/c24-18-12-19(25)14-20(13-18)33(30,31)26(15-32(27,28)29)23-21-9-5-4-8-17(21)10-11-22(23)16-6-2-1-3-7-16/h1-14H,15H2,(H2,27,28,29). The van der Waals surface area contributed by atoms with Crippen LogP contribution in [-0.4, -0.2) is 24.5 Å². The molecule has 0 saturated heterocycles. The first kappa shape index (κ1) is 23.8. The van der Waals surface area contributed by atoms with Gasteiger partial charge in [-0.2, -0.15) is 0 Å². The lowest BCUT2D eigenvalue weighted by Crippen LogP contribution is -2.32. The van der Waals surface area contributed by atoms with Crippen LogP contribution in [0.15, 0.2) is 89.8 Å². The summed E-state index contributed by atoms with van der Waals surface area (Å²) in [7, 11) is -9.32. The zero-order valence-corrected chi connectivity index (χ0v) is 20.2. The van der Waals surface area contributed by atoms with E-state index in [-0.39, 0.29) is 20.6 Å². The summed E-state index contributed by atoms with van der Waals surface area (Å²) in [5.41, 5.74) is 1.34. The van der Waals surface area contributed by atoms with E-state index >= 15 is 0 Å². The average Bonchev–Trinajstić information content (AvgIpc) is 2.76. The van der Waals surface area contributed by atoms with E-state index < -0.39 is 23.9 Å². The monoisotopic (exact) mass is 521 g/mol. The highest BCUT2D eigenvalue weighted by atomic mass is 35.5. The van der Waals surface area contributed by atoms with Crippen molar-refractivity contribution in [1.82, 2.24) is 0 Å². The van der Waals surface area contributed by atoms with Crippen molar-refractivity contribution in [3.63, 3.8) is 0 Å². The molecule has 0 heterocycles. The van der Waals surface area contributed by atoms with E-state index in [1.165, 1.54) is 18.2 Å². The molecule has 4 aromatic rings. The average molecular weight is 522 g/mol. The van der Waals surface area contributed by atoms with E-state index in [9.17, 15) is 22.8 Å². The third-order valence-electron chi connectivity index (χ3n) is 4.97. The Morgan fingerprint density at radius 2 is 1.42 bits per heavy atom. The van der Waals surface area contributed by atoms with Gasteiger partial charge in [-0.15, -0.1) is 0 Å². The van der Waals surface area contributed by atoms with Gasteiger partial charge in [-0.3, -0.25) is 8.87 Å². The van der Waals surface area contributed by atoms with Gasteiger partial charge in [0, 0.05) is 21.0 Å². The fraction of sp³-hybridized carbons (Fsp3) is 0.0435. The Hall–Kier alpha value is -2.38. The number of anilines is 1. The second kappa shape index (κ2) is 9.11. The summed E-state index contributed by atoms with van der Waals surface area (Å²) >= 11 is 12.1. The fourth-order valence-corrected chi connectivity index (χ4v) is 7.05. The zero-order chi connectivity index (χ0) is 23.8. The molecule has 0 saturated carbocycles. The fourth-order valence-electron chi connectivity index (χ4n) is 3.61. The van der Waals surface area contributed by atoms with Crippen molar-refractivity contribution in [3.05, 3.63) is 95.0 Å². The van der Waals surface area contributed by atoms with Gasteiger partial charge in [0.05, 0.1) is 10.6 Å². The molecular formula is C23H18Cl2NO5PS. The van der Waals surface area contributed by atoms with Crippen LogP contribution >= 0.6 is 30.8 Å². The highest BCUT2D eigenvalue weighted by Gasteiger charge is 2.34. The van der Waals surface area contributed by atoms with Crippen molar-refractivity contribution in [3.8, 4) is 11.1 Å². The molecule has 0 aromatic heterocycles. The van der Waals surface area contributed by atoms with Crippen LogP contribution in [0.5, 0.6) is 0 Å². The molecule has 170 valence electrons. The molecule has 6 nitrogen and oxygen atoms in total. The predicted molar refractivity (Wildman–Crippen MR) is 132 cm³/mol. The van der Waals surface area contributed by atoms with Gasteiger partial charge in [-0.05, 0) is 29.1 Å². The minimum absolute atomic E-state index is 0.0819. The summed E-state index contributed by atoms with van der Waals surface area (Å²) < 4.78 is 40.5. The lowest BCUT2D eigenvalue weighted by Gasteiger charge is -2.28. The lowest BCUT2D eigenvalue weighted by atomic mass is 9.98. The normalized spacial score (nSPS) is 12.1. The van der Waals surface area contributed by atoms with Gasteiger partial charge in [0.1, 0.15) is 6.29 Å². The van der Waals surface area contributed by atoms with Gasteiger partial charge in [-0.25, -0.2) is 8.42 Å². The number of hydrogen-bond acceptors (Lipinski definition) is 3. The topological polar surface area (TPSA) is 94.9 Å². The summed E-state index contributed by atoms with van der Waals surface area (Å²) in [6, 6.07) is 23.4. The minimum Gasteiger partial charge on any atom is -0.323 e. The maximum absolute atomic E-state index is 13.8. The van der Waals surface area contributed by atoms with E-state index in [1.807, 2.05) is 12.1 Å². The molecule has 0 amide bonds. The van der Waals surface area contributed by atoms with Gasteiger partial charge in [-0.1, -0.05) is 89.9 Å². The number of fused-ring (bicyclic) bond motifs is 1. The lowest BCUT2D eigenvalue weighted by molar-refractivity contribution is 0.373. The number of sulfonamides is 1. The number of halogens is 2. The first-order valence-electron chi connectivity index (χ1n) is 9.67. The van der Waals surface area contributed by atoms with Crippen LogP contribution in [0.4, 0.5) is 5.69 Å². The van der Waals surface area contributed by atoms with E-state index in [2.05, 4.69) is 0 Å². The smallest absolute Gasteiger partial charge is 0.323 e. The molecule has 0 aliphatic carbocycles. The quantitative estimate of drug-likeness (QED) is 0.297. The third-order valence-corrected chi connectivity index (χ3v) is 7.97. The number of benzene rings is 4. The van der Waals surface area contributed by atoms with Crippen LogP contribution in [-0.2, 0) is 14.6 Å². The Balaban J connectivity index is 2.08. The zero-order valence-electron chi connectivity index (χ0n) is 17.0. The SMILES string of the molecule is O=P(O)(O)CN(c1c(-c2ccccc2)ccc2ccccc12)S(=O)(=O)c1cc(Cl)cc(Cl)c1. The summed E-state index contributed by atoms with van der Waals surface area (Å²) in [6.45, 7) is 0. The maximum atomic E-state index is 13.8. The molecule has 4 rings (SSSR count). The molecule has 0 aliphatic rings. The van der Waals surface area contributed by atoms with E-state index in [0.29, 0.717) is 21.9 Å². The van der Waals surface area contributed by atoms with Gasteiger partial charge in [0.15, 0.2) is 0 Å². The third kappa shape index (κ3) is 5.09. The molecule has 33 heavy (non-hydrogen) atoms. The van der Waals surface area contributed by atoms with Crippen LogP contribution < -0.4 is 4.31 Å². The van der Waals surface area contributed by atoms with Crippen molar-refractivity contribution in [2.24, 2.45) is 0 Å². The van der Waals surface area contributed by atoms with Crippen LogP contribution in [0, 0.1) is 0 Å². The molecule has 10 heteroatoms. The maximum Gasteiger partial charge on any atom is 0.345 e. The van der Waals surface area contributed by atoms with Crippen molar-refractivity contribution >= 4 is 57.3 Å². The summed E-state index contributed by atoms with van der Waals surface area (Å²) in [6.07, 6.45) is -1.06. The summed E-state index contributed by atoms with van der Waals surface area (Å²) in [5, 5.41) is 1.39. The largest absolute Gasteiger partial charge is 0.345 e. The van der Waals surface area contributed by atoms with Crippen molar-refractivity contribution in [2.75, 3.05) is 10.6 Å². The number of nitrogens with zero attached hydrogens (tertiary/aromatic N) is 1. The second-order valence-electron chi connectivity index (χ2n) is 7.31. The molecule has 0 bridgehead atoms. The van der Waals surface area contributed by atoms with Gasteiger partial charge >= 0.3 is 7.60 Å². The first-order chi connectivity index (χ1) is 15.6. The molecule has 2 N–H and O–H groups in total. The van der Waals surface area contributed by atoms with Gasteiger partial charge < -0.3 is 9.79 Å². The van der Waals surface area contributed by atoms with Crippen LogP contribution in [0.2, 0.25) is 10.0 Å². The van der Waals surface area contributed by atoms with Gasteiger partial charge in [0.2, 0.25) is 0 Å². The molecule has 0 atom stereocenters. The van der Waals surface area contributed by atoms with Crippen molar-refractivity contribution in [2.45, 2.75) is 4.90 Å². The molecule has 0 fully saturated rings. The Labute approximate surface area is 201 Å². The van der Waals surface area contributed by atoms with Gasteiger partial charge in [0.25, 0.3) is 10.0 Å². The first-order valence-corrected chi connectivity index (χ1v) is 13.7. The molecule has 4 aromatic carbocycles. The second-order valence-corrected chi connectivity index (χ2v) is 11.7. The van der Waals surface area contributed by atoms with Crippen LogP contribution in [0.1, 0.15) is 0 Å². The molecular weight excluding hydrogens is 504 g/mol. The van der Waals surface area contributed by atoms with Crippen molar-refractivity contribution < 1.29 is 22.8 Å². The number of hydrogen-bond donors (Lipinski definition) is 2. The summed E-state index contributed by atoms with van der Waals surface area (Å²) in [4.78, 5) is 19.4. The Morgan fingerprint density at radius 3 is 2.06 bits per heavy atom. The summed E-state index contributed by atoms with van der Waals surface area (Å²) in [5.74, 6) is 0. The Morgan fingerprint density at radius 1 is 0.818 bits per heavy atom. The molecule has 0 radical (unpaired) electrons. The predicted octanol–water partition coefficient (Wildman–Crippen LogP) is 6.14. The molecule has 0 unspecified atom stereocenters. The molecule has 0 aliphatic heterocycles. The highest BCUT2D eigenvalue weighted by Crippen LogP contribution is 2.45. The molecule has 0 spiro atoms. The Bertz CT molecular complexity index is 1470. The van der Waals surface area contributed by atoms with E-state index in [4.69, 9.17) is 23.2 Å². The van der Waals surface area contributed by atoms with Crippen LogP contribution in [0.25, 0.3) is 21.9 Å². The minimum atomic E-state index is -4.84. The Kier molecular flexibility index (Phi) is 6.56. The van der Waals surface area contributed by atoms with E-state index in [0.717, 1.165) is 4.31 Å². The van der Waals surface area contributed by atoms with Crippen LogP contribution in [0.3, 0.4) is 0 Å². The highest BCUT2D eigenvalue weighted by molar-refractivity contribution is 7.93. The van der Waals surface area contributed by atoms with Crippen molar-refractivity contribution in [1.29, 1.82) is 0 Å². The number of rotatable bonds is 6.